The van der Waals surface area contributed by atoms with E-state index in [-0.39, 0.29) is 0 Å². The first-order chi connectivity index (χ1) is 2.89. The molecule has 0 heterocycles. The maximum atomic E-state index is 3.88. The molecule has 6 heavy (non-hydrogen) atoms. The first kappa shape index (κ1) is 3.91. The van der Waals surface area contributed by atoms with Crippen molar-refractivity contribution in [3.05, 3.63) is 19.1 Å². The van der Waals surface area contributed by atoms with Gasteiger partial charge in [-0.15, -0.1) is 0 Å². The second kappa shape index (κ2) is 1.46. The van der Waals surface area contributed by atoms with Gasteiger partial charge >= 0.3 is 0 Å². The summed E-state index contributed by atoms with van der Waals surface area (Å²) in [7, 11) is 0. The maximum absolute atomic E-state index is 3.88. The molecule has 0 amide bonds. The van der Waals surface area contributed by atoms with E-state index in [0.29, 0.717) is 5.92 Å². The SMILES string of the molecule is [CH2]C1CC=CC1. The van der Waals surface area contributed by atoms with Crippen molar-refractivity contribution in [1.82, 2.24) is 0 Å². The highest BCUT2D eigenvalue weighted by Crippen LogP contribution is 2.14. The van der Waals surface area contributed by atoms with Gasteiger partial charge < -0.3 is 0 Å². The van der Waals surface area contributed by atoms with Crippen molar-refractivity contribution >= 4 is 0 Å². The molecule has 0 bridgehead atoms. The molecule has 0 fully saturated rings. The highest BCUT2D eigenvalue weighted by Gasteiger charge is 2.00. The quantitative estimate of drug-likeness (QED) is 0.390. The minimum Gasteiger partial charge on any atom is -0.0882 e. The summed E-state index contributed by atoms with van der Waals surface area (Å²) in [5.41, 5.74) is 0. The van der Waals surface area contributed by atoms with Crippen molar-refractivity contribution in [2.45, 2.75) is 12.8 Å². The lowest BCUT2D eigenvalue weighted by atomic mass is 10.1. The molecule has 0 saturated carbocycles. The Kier molecular flexibility index (Phi) is 0.952. The van der Waals surface area contributed by atoms with Crippen LogP contribution in [0.3, 0.4) is 0 Å². The lowest BCUT2D eigenvalue weighted by molar-refractivity contribution is 0.712. The summed E-state index contributed by atoms with van der Waals surface area (Å²) in [6.45, 7) is 3.88. The zero-order valence-electron chi connectivity index (χ0n) is 3.85. The van der Waals surface area contributed by atoms with E-state index >= 15 is 0 Å². The third-order valence-corrected chi connectivity index (χ3v) is 1.11. The van der Waals surface area contributed by atoms with Gasteiger partial charge in [-0.05, 0) is 25.7 Å². The molecule has 0 heteroatoms. The van der Waals surface area contributed by atoms with Gasteiger partial charge in [-0.2, -0.15) is 0 Å². The van der Waals surface area contributed by atoms with Crippen molar-refractivity contribution in [3.63, 3.8) is 0 Å². The molecule has 1 radical (unpaired) electrons. The van der Waals surface area contributed by atoms with Gasteiger partial charge in [-0.1, -0.05) is 12.2 Å². The second-order valence-corrected chi connectivity index (χ2v) is 1.81. The number of allylic oxidation sites excluding steroid dienone is 2. The summed E-state index contributed by atoms with van der Waals surface area (Å²) < 4.78 is 0. The van der Waals surface area contributed by atoms with Crippen LogP contribution in [0.25, 0.3) is 0 Å². The fourth-order valence-electron chi connectivity index (χ4n) is 0.674. The van der Waals surface area contributed by atoms with Gasteiger partial charge in [0.2, 0.25) is 0 Å². The molecule has 0 nitrogen and oxygen atoms in total. The molecule has 0 aromatic rings. The lowest BCUT2D eigenvalue weighted by Crippen LogP contribution is -1.80. The third-order valence-electron chi connectivity index (χ3n) is 1.11. The van der Waals surface area contributed by atoms with Crippen LogP contribution in [0.15, 0.2) is 12.2 Å². The van der Waals surface area contributed by atoms with Crippen molar-refractivity contribution in [1.29, 1.82) is 0 Å². The Morgan fingerprint density at radius 1 is 1.33 bits per heavy atom. The molecule has 1 rings (SSSR count). The fraction of sp³-hybridized carbons (Fsp3) is 0.500. The van der Waals surface area contributed by atoms with Crippen LogP contribution < -0.4 is 0 Å². The zero-order chi connectivity index (χ0) is 4.41. The molecule has 0 aliphatic heterocycles. The van der Waals surface area contributed by atoms with E-state index in [1.165, 1.54) is 12.8 Å². The highest BCUT2D eigenvalue weighted by atomic mass is 14.1. The van der Waals surface area contributed by atoms with Gasteiger partial charge in [-0.25, -0.2) is 0 Å². The normalized spacial score (nSPS) is 22.8. The number of hydrogen-bond acceptors (Lipinski definition) is 0. The number of rotatable bonds is 0. The van der Waals surface area contributed by atoms with Gasteiger partial charge in [0.1, 0.15) is 0 Å². The van der Waals surface area contributed by atoms with E-state index < -0.39 is 0 Å². The molecule has 0 aromatic carbocycles. The van der Waals surface area contributed by atoms with E-state index in [1.54, 1.807) is 0 Å². The Morgan fingerprint density at radius 3 is 2.00 bits per heavy atom. The highest BCUT2D eigenvalue weighted by molar-refractivity contribution is 4.94. The molecule has 0 spiro atoms. The standard InChI is InChI=1S/C6H9/c1-6-4-2-3-5-6/h2-3,6H,1,4-5H2. The predicted octanol–water partition coefficient (Wildman–Crippen LogP) is 1.79. The van der Waals surface area contributed by atoms with Gasteiger partial charge in [0.05, 0.1) is 0 Å². The molecule has 0 atom stereocenters. The van der Waals surface area contributed by atoms with Gasteiger partial charge in [0.25, 0.3) is 0 Å². The summed E-state index contributed by atoms with van der Waals surface area (Å²) in [4.78, 5) is 0. The monoisotopic (exact) mass is 81.1 g/mol. The predicted molar refractivity (Wildman–Crippen MR) is 27.2 cm³/mol. The van der Waals surface area contributed by atoms with Crippen LogP contribution in [0.4, 0.5) is 0 Å². The van der Waals surface area contributed by atoms with E-state index in [9.17, 15) is 0 Å². The fourth-order valence-corrected chi connectivity index (χ4v) is 0.674. The van der Waals surface area contributed by atoms with Gasteiger partial charge in [-0.3, -0.25) is 0 Å². The molecule has 33 valence electrons. The Hall–Kier alpha value is -0.260. The summed E-state index contributed by atoms with van der Waals surface area (Å²) in [6, 6.07) is 0. The summed E-state index contributed by atoms with van der Waals surface area (Å²) >= 11 is 0. The van der Waals surface area contributed by atoms with Crippen LogP contribution in [-0.2, 0) is 0 Å². The first-order valence-corrected chi connectivity index (χ1v) is 2.37. The van der Waals surface area contributed by atoms with Crippen LogP contribution in [-0.4, -0.2) is 0 Å². The first-order valence-electron chi connectivity index (χ1n) is 2.37. The molecule has 1 aliphatic rings. The smallest absolute Gasteiger partial charge is 0.0319 e. The molecular formula is C6H9. The van der Waals surface area contributed by atoms with Gasteiger partial charge in [0, 0.05) is 0 Å². The van der Waals surface area contributed by atoms with E-state index in [0.717, 1.165) is 0 Å². The average molecular weight is 81.1 g/mol. The Labute approximate surface area is 38.9 Å². The van der Waals surface area contributed by atoms with Crippen molar-refractivity contribution in [2.24, 2.45) is 5.92 Å². The summed E-state index contributed by atoms with van der Waals surface area (Å²) in [5, 5.41) is 0. The minimum atomic E-state index is 0.685. The Balaban J connectivity index is 2.32. The summed E-state index contributed by atoms with van der Waals surface area (Å²) in [6.07, 6.45) is 6.77. The van der Waals surface area contributed by atoms with Crippen molar-refractivity contribution < 1.29 is 0 Å². The van der Waals surface area contributed by atoms with E-state index in [2.05, 4.69) is 19.1 Å². The molecule has 0 unspecified atom stereocenters. The van der Waals surface area contributed by atoms with Crippen molar-refractivity contribution in [3.8, 4) is 0 Å². The van der Waals surface area contributed by atoms with Gasteiger partial charge in [0.15, 0.2) is 0 Å². The lowest BCUT2D eigenvalue weighted by Gasteiger charge is -1.91. The Morgan fingerprint density at radius 2 is 1.83 bits per heavy atom. The van der Waals surface area contributed by atoms with Crippen molar-refractivity contribution in [2.75, 3.05) is 0 Å². The molecule has 1 aliphatic carbocycles. The average Bonchev–Trinajstić information content (AvgIpc) is 1.86. The molecule has 0 saturated heterocycles. The largest absolute Gasteiger partial charge is 0.0882 e. The summed E-state index contributed by atoms with van der Waals surface area (Å²) in [5.74, 6) is 0.685. The van der Waals surface area contributed by atoms with E-state index in [4.69, 9.17) is 0 Å². The molecular weight excluding hydrogens is 72.1 g/mol. The maximum Gasteiger partial charge on any atom is -0.0319 e. The molecule has 0 N–H and O–H groups in total. The van der Waals surface area contributed by atoms with Crippen LogP contribution >= 0.6 is 0 Å². The number of hydrogen-bond donors (Lipinski definition) is 0. The zero-order valence-corrected chi connectivity index (χ0v) is 3.85. The van der Waals surface area contributed by atoms with Crippen LogP contribution in [0.1, 0.15) is 12.8 Å². The topological polar surface area (TPSA) is 0 Å². The van der Waals surface area contributed by atoms with E-state index in [1.807, 2.05) is 0 Å². The second-order valence-electron chi connectivity index (χ2n) is 1.81. The minimum absolute atomic E-state index is 0.685. The van der Waals surface area contributed by atoms with Crippen LogP contribution in [0.5, 0.6) is 0 Å². The van der Waals surface area contributed by atoms with Crippen LogP contribution in [0.2, 0.25) is 0 Å². The van der Waals surface area contributed by atoms with Crippen LogP contribution in [0, 0.1) is 12.8 Å². The third kappa shape index (κ3) is 0.618. The Bertz CT molecular complexity index is 54.4. The molecule has 0 aromatic heterocycles.